The SMILES string of the molecule is COC(=O)Nc1ccc(-c2nnc3c(C(=O)N4CCC[C@H]4C(=O)O)cccn23)cc1. The number of carbonyl (C=O) groups is 3. The van der Waals surface area contributed by atoms with Crippen LogP contribution in [0.5, 0.6) is 0 Å². The monoisotopic (exact) mass is 409 g/mol. The topological polar surface area (TPSA) is 126 Å². The minimum Gasteiger partial charge on any atom is -0.480 e. The highest BCUT2D eigenvalue weighted by atomic mass is 16.5. The zero-order valence-electron chi connectivity index (χ0n) is 16.1. The maximum Gasteiger partial charge on any atom is 0.411 e. The van der Waals surface area contributed by atoms with Gasteiger partial charge in [0.25, 0.3) is 5.91 Å². The Labute approximate surface area is 171 Å². The van der Waals surface area contributed by atoms with Crippen molar-refractivity contribution in [3.63, 3.8) is 0 Å². The van der Waals surface area contributed by atoms with Gasteiger partial charge in [-0.1, -0.05) is 0 Å². The number of anilines is 1. The van der Waals surface area contributed by atoms with Crippen LogP contribution in [0.1, 0.15) is 23.2 Å². The fraction of sp³-hybridized carbons (Fsp3) is 0.250. The highest BCUT2D eigenvalue weighted by Crippen LogP contribution is 2.25. The quantitative estimate of drug-likeness (QED) is 0.677. The maximum absolute atomic E-state index is 13.0. The third-order valence-electron chi connectivity index (χ3n) is 5.04. The maximum atomic E-state index is 13.0. The summed E-state index contributed by atoms with van der Waals surface area (Å²) in [4.78, 5) is 37.2. The van der Waals surface area contributed by atoms with Gasteiger partial charge < -0.3 is 14.7 Å². The lowest BCUT2D eigenvalue weighted by molar-refractivity contribution is -0.141. The summed E-state index contributed by atoms with van der Waals surface area (Å²) in [5, 5.41) is 20.3. The molecule has 30 heavy (non-hydrogen) atoms. The number of nitrogens with one attached hydrogen (secondary N) is 1. The van der Waals surface area contributed by atoms with Crippen molar-refractivity contribution >= 4 is 29.3 Å². The van der Waals surface area contributed by atoms with Gasteiger partial charge in [0.1, 0.15) is 6.04 Å². The number of benzene rings is 1. The molecule has 1 fully saturated rings. The van der Waals surface area contributed by atoms with E-state index in [0.29, 0.717) is 42.1 Å². The lowest BCUT2D eigenvalue weighted by Gasteiger charge is -2.21. The van der Waals surface area contributed by atoms with E-state index >= 15 is 0 Å². The van der Waals surface area contributed by atoms with Gasteiger partial charge in [0.05, 0.1) is 12.7 Å². The summed E-state index contributed by atoms with van der Waals surface area (Å²) in [6, 6.07) is 9.42. The molecule has 0 aliphatic carbocycles. The minimum atomic E-state index is -1.00. The smallest absolute Gasteiger partial charge is 0.411 e. The van der Waals surface area contributed by atoms with Crippen LogP contribution in [-0.4, -0.2) is 62.3 Å². The summed E-state index contributed by atoms with van der Waals surface area (Å²) in [5.41, 5.74) is 1.94. The number of nitrogens with zero attached hydrogens (tertiary/aromatic N) is 4. The normalized spacial score (nSPS) is 15.9. The summed E-state index contributed by atoms with van der Waals surface area (Å²) < 4.78 is 6.25. The molecule has 1 saturated heterocycles. The van der Waals surface area contributed by atoms with Gasteiger partial charge in [-0.3, -0.25) is 14.5 Å². The number of ether oxygens (including phenoxy) is 1. The van der Waals surface area contributed by atoms with Crippen molar-refractivity contribution in [2.75, 3.05) is 19.0 Å². The zero-order chi connectivity index (χ0) is 21.3. The molecule has 1 atom stereocenters. The Morgan fingerprint density at radius 3 is 2.63 bits per heavy atom. The molecule has 3 aromatic rings. The van der Waals surface area contributed by atoms with Crippen LogP contribution >= 0.6 is 0 Å². The molecule has 10 heteroatoms. The number of amides is 2. The van der Waals surface area contributed by atoms with Gasteiger partial charge in [-0.2, -0.15) is 0 Å². The lowest BCUT2D eigenvalue weighted by atomic mass is 10.1. The van der Waals surface area contributed by atoms with Crippen LogP contribution in [0.25, 0.3) is 17.0 Å². The van der Waals surface area contributed by atoms with Gasteiger partial charge in [0.2, 0.25) is 0 Å². The molecule has 10 nitrogen and oxygen atoms in total. The van der Waals surface area contributed by atoms with Crippen LogP contribution in [0.2, 0.25) is 0 Å². The first-order valence-corrected chi connectivity index (χ1v) is 9.32. The number of carboxylic acids is 1. The van der Waals surface area contributed by atoms with Crippen molar-refractivity contribution < 1.29 is 24.2 Å². The molecule has 154 valence electrons. The standard InChI is InChI=1S/C20H19N5O5/c1-30-20(29)21-13-8-6-12(7-9-13)16-22-23-17-14(4-2-11-25(16)17)18(26)24-10-3-5-15(24)19(27)28/h2,4,6-9,11,15H,3,5,10H2,1H3,(H,21,29)(H,27,28)/t15-/m0/s1. The number of rotatable bonds is 4. The number of carboxylic acid groups (broad SMARTS) is 1. The number of pyridine rings is 1. The van der Waals surface area contributed by atoms with E-state index in [-0.39, 0.29) is 5.91 Å². The summed E-state index contributed by atoms with van der Waals surface area (Å²) in [6.07, 6.45) is 2.25. The molecule has 1 aliphatic rings. The third-order valence-corrected chi connectivity index (χ3v) is 5.04. The van der Waals surface area contributed by atoms with Crippen molar-refractivity contribution in [3.05, 3.63) is 48.2 Å². The minimum absolute atomic E-state index is 0.299. The van der Waals surface area contributed by atoms with E-state index in [1.165, 1.54) is 12.0 Å². The average molecular weight is 409 g/mol. The van der Waals surface area contributed by atoms with Crippen molar-refractivity contribution in [2.24, 2.45) is 0 Å². The first-order valence-electron chi connectivity index (χ1n) is 9.32. The fourth-order valence-corrected chi connectivity index (χ4v) is 3.57. The molecule has 2 amide bonds. The molecule has 0 radical (unpaired) electrons. The van der Waals surface area contributed by atoms with Gasteiger partial charge in [0.15, 0.2) is 11.5 Å². The van der Waals surface area contributed by atoms with Crippen LogP contribution < -0.4 is 5.32 Å². The van der Waals surface area contributed by atoms with Crippen molar-refractivity contribution in [1.82, 2.24) is 19.5 Å². The molecular weight excluding hydrogens is 390 g/mol. The van der Waals surface area contributed by atoms with Crippen LogP contribution in [0.4, 0.5) is 10.5 Å². The zero-order valence-corrected chi connectivity index (χ0v) is 16.1. The van der Waals surface area contributed by atoms with E-state index in [1.54, 1.807) is 47.0 Å². The van der Waals surface area contributed by atoms with Crippen LogP contribution in [0.3, 0.4) is 0 Å². The second-order valence-corrected chi connectivity index (χ2v) is 6.83. The second kappa shape index (κ2) is 7.82. The number of likely N-dealkylation sites (tertiary alicyclic amines) is 1. The highest BCUT2D eigenvalue weighted by molar-refractivity contribution is 6.01. The molecular formula is C20H19N5O5. The van der Waals surface area contributed by atoms with Gasteiger partial charge in [-0.15, -0.1) is 10.2 Å². The van der Waals surface area contributed by atoms with Crippen molar-refractivity contribution in [3.8, 4) is 11.4 Å². The largest absolute Gasteiger partial charge is 0.480 e. The first kappa shape index (κ1) is 19.4. The Kier molecular flexibility index (Phi) is 5.05. The van der Waals surface area contributed by atoms with Crippen LogP contribution in [-0.2, 0) is 9.53 Å². The van der Waals surface area contributed by atoms with Gasteiger partial charge in [-0.05, 0) is 49.2 Å². The molecule has 2 N–H and O–H groups in total. The number of fused-ring (bicyclic) bond motifs is 1. The van der Waals surface area contributed by atoms with Crippen molar-refractivity contribution in [1.29, 1.82) is 0 Å². The molecule has 0 unspecified atom stereocenters. The summed E-state index contributed by atoms with van der Waals surface area (Å²) in [6.45, 7) is 0.395. The van der Waals surface area contributed by atoms with Crippen molar-refractivity contribution in [2.45, 2.75) is 18.9 Å². The predicted molar refractivity (Wildman–Crippen MR) is 106 cm³/mol. The van der Waals surface area contributed by atoms with Crippen LogP contribution in [0.15, 0.2) is 42.6 Å². The number of methoxy groups -OCH3 is 1. The summed E-state index contributed by atoms with van der Waals surface area (Å²) in [7, 11) is 1.28. The molecule has 1 aromatic carbocycles. The Morgan fingerprint density at radius 2 is 1.93 bits per heavy atom. The van der Waals surface area contributed by atoms with E-state index in [9.17, 15) is 19.5 Å². The van der Waals surface area contributed by atoms with E-state index in [1.807, 2.05) is 0 Å². The Balaban J connectivity index is 1.66. The van der Waals surface area contributed by atoms with Gasteiger partial charge in [0, 0.05) is 24.0 Å². The molecule has 1 aliphatic heterocycles. The van der Waals surface area contributed by atoms with E-state index < -0.39 is 18.1 Å². The molecule has 3 heterocycles. The van der Waals surface area contributed by atoms with E-state index in [4.69, 9.17) is 0 Å². The third kappa shape index (κ3) is 3.43. The average Bonchev–Trinajstić information content (AvgIpc) is 3.41. The number of aromatic nitrogens is 3. The number of hydrogen-bond acceptors (Lipinski definition) is 6. The first-order chi connectivity index (χ1) is 14.5. The molecule has 2 aromatic heterocycles. The number of hydrogen-bond donors (Lipinski definition) is 2. The Hall–Kier alpha value is -3.95. The van der Waals surface area contributed by atoms with Gasteiger partial charge >= 0.3 is 12.1 Å². The van der Waals surface area contributed by atoms with Crippen LogP contribution in [0, 0.1) is 0 Å². The molecule has 0 saturated carbocycles. The van der Waals surface area contributed by atoms with Gasteiger partial charge in [-0.25, -0.2) is 9.59 Å². The predicted octanol–water partition coefficient (Wildman–Crippen LogP) is 2.26. The fourth-order valence-electron chi connectivity index (χ4n) is 3.57. The number of aliphatic carboxylic acids is 1. The summed E-state index contributed by atoms with van der Waals surface area (Å²) >= 11 is 0. The molecule has 0 bridgehead atoms. The number of carbonyl (C=O) groups excluding carboxylic acids is 2. The highest BCUT2D eigenvalue weighted by Gasteiger charge is 2.35. The molecule has 0 spiro atoms. The second-order valence-electron chi connectivity index (χ2n) is 6.83. The molecule has 4 rings (SSSR count). The lowest BCUT2D eigenvalue weighted by Crippen LogP contribution is -2.40. The van der Waals surface area contributed by atoms with E-state index in [2.05, 4.69) is 20.3 Å². The van der Waals surface area contributed by atoms with E-state index in [0.717, 1.165) is 5.56 Å². The summed E-state index contributed by atoms with van der Waals surface area (Å²) in [5.74, 6) is -0.863. The Morgan fingerprint density at radius 1 is 1.17 bits per heavy atom. The Bertz CT molecular complexity index is 1120.